The molecule has 3 heterocycles. The van der Waals surface area contributed by atoms with Crippen LogP contribution in [0, 0.1) is 0 Å². The van der Waals surface area contributed by atoms with E-state index in [1.807, 2.05) is 6.92 Å². The van der Waals surface area contributed by atoms with Crippen LogP contribution in [0.1, 0.15) is 19.5 Å². The monoisotopic (exact) mass is 608 g/mol. The molecule has 1 aromatic heterocycles. The number of β-lactam (4-membered cyclic amide) rings is 1. The van der Waals surface area contributed by atoms with Gasteiger partial charge in [-0.25, -0.2) is 14.6 Å². The standard InChI is InChI=1S/C23H28N8O8S2/c1-4-12(21(34)38-7-6-37-5-2)9-39-22(35)17-13(8-26-30-25)10-40-20-16(19(33)31(17)20)28-18(32)15(29-36-3)14-11-41-23(24)27-14/h4,11,16,20H,5-10H2,1-3H3,(H2,24,27)(H,28,32)/b12-4+,29-15-/t16-,20-/m1/s1. The van der Waals surface area contributed by atoms with Crippen LogP contribution in [0.5, 0.6) is 0 Å². The number of oxime groups is 1. The highest BCUT2D eigenvalue weighted by atomic mass is 32.2. The van der Waals surface area contributed by atoms with E-state index in [1.54, 1.807) is 6.92 Å². The summed E-state index contributed by atoms with van der Waals surface area (Å²) in [5, 5.41) is 10.9. The summed E-state index contributed by atoms with van der Waals surface area (Å²) in [6, 6.07) is -1.01. The molecule has 2 atom stereocenters. The molecule has 0 radical (unpaired) electrons. The summed E-state index contributed by atoms with van der Waals surface area (Å²) < 4.78 is 15.6. The molecule has 2 aliphatic heterocycles. The normalized spacial score (nSPS) is 18.6. The molecule has 3 rings (SSSR count). The van der Waals surface area contributed by atoms with Crippen LogP contribution in [0.4, 0.5) is 5.13 Å². The van der Waals surface area contributed by atoms with Gasteiger partial charge in [0, 0.05) is 22.7 Å². The van der Waals surface area contributed by atoms with E-state index in [0.717, 1.165) is 11.3 Å². The maximum atomic E-state index is 13.2. The van der Waals surface area contributed by atoms with Crippen LogP contribution in [-0.2, 0) is 38.2 Å². The Bertz CT molecular complexity index is 1320. The number of anilines is 1. The summed E-state index contributed by atoms with van der Waals surface area (Å²) in [7, 11) is 1.25. The quantitative estimate of drug-likeness (QED) is 0.0350. The lowest BCUT2D eigenvalue weighted by molar-refractivity contribution is -0.152. The van der Waals surface area contributed by atoms with Crippen molar-refractivity contribution in [1.29, 1.82) is 0 Å². The Morgan fingerprint density at radius 3 is 2.76 bits per heavy atom. The van der Waals surface area contributed by atoms with Crippen molar-refractivity contribution in [3.63, 3.8) is 0 Å². The molecule has 220 valence electrons. The lowest BCUT2D eigenvalue weighted by Crippen LogP contribution is -2.71. The van der Waals surface area contributed by atoms with Crippen molar-refractivity contribution in [3.8, 4) is 0 Å². The Labute approximate surface area is 242 Å². The fourth-order valence-corrected chi connectivity index (χ4v) is 5.60. The van der Waals surface area contributed by atoms with Crippen molar-refractivity contribution in [2.45, 2.75) is 25.3 Å². The number of allylic oxidation sites excluding steroid dienone is 1. The number of fused-ring (bicyclic) bond motifs is 1. The van der Waals surface area contributed by atoms with Gasteiger partial charge in [-0.2, -0.15) is 0 Å². The third-order valence-electron chi connectivity index (χ3n) is 5.65. The van der Waals surface area contributed by atoms with Crippen molar-refractivity contribution in [3.05, 3.63) is 44.4 Å². The average Bonchev–Trinajstić information content (AvgIpc) is 3.40. The van der Waals surface area contributed by atoms with E-state index in [4.69, 9.17) is 30.3 Å². The van der Waals surface area contributed by atoms with E-state index < -0.39 is 41.8 Å². The second-order valence-corrected chi connectivity index (χ2v) is 10.1. The first-order chi connectivity index (χ1) is 19.8. The highest BCUT2D eigenvalue weighted by Gasteiger charge is 2.54. The van der Waals surface area contributed by atoms with Crippen LogP contribution in [0.2, 0.25) is 0 Å². The van der Waals surface area contributed by atoms with Gasteiger partial charge in [0.25, 0.3) is 11.8 Å². The van der Waals surface area contributed by atoms with E-state index in [9.17, 15) is 19.2 Å². The summed E-state index contributed by atoms with van der Waals surface area (Å²) >= 11 is 2.36. The molecule has 0 unspecified atom stereocenters. The zero-order chi connectivity index (χ0) is 29.9. The molecule has 3 N–H and O–H groups in total. The Morgan fingerprint density at radius 1 is 1.34 bits per heavy atom. The topological polar surface area (TPSA) is 220 Å². The number of ether oxygens (including phenoxy) is 3. The van der Waals surface area contributed by atoms with E-state index in [0.29, 0.717) is 12.2 Å². The van der Waals surface area contributed by atoms with Gasteiger partial charge >= 0.3 is 11.9 Å². The first-order valence-electron chi connectivity index (χ1n) is 12.1. The molecule has 2 amide bonds. The zero-order valence-corrected chi connectivity index (χ0v) is 24.0. The largest absolute Gasteiger partial charge is 0.460 e. The Hall–Kier alpha value is -4.12. The number of esters is 2. The molecule has 0 saturated carbocycles. The zero-order valence-electron chi connectivity index (χ0n) is 22.4. The molecule has 41 heavy (non-hydrogen) atoms. The van der Waals surface area contributed by atoms with Crippen molar-refractivity contribution in [2.24, 2.45) is 10.3 Å². The highest BCUT2D eigenvalue weighted by molar-refractivity contribution is 8.00. The number of hydrogen-bond donors (Lipinski definition) is 2. The van der Waals surface area contributed by atoms with Crippen molar-refractivity contribution in [1.82, 2.24) is 15.2 Å². The number of carbonyl (C=O) groups is 4. The van der Waals surface area contributed by atoms with Gasteiger partial charge in [0.1, 0.15) is 43.1 Å². The van der Waals surface area contributed by atoms with Gasteiger partial charge in [0.05, 0.1) is 18.7 Å². The van der Waals surface area contributed by atoms with Gasteiger partial charge in [0.2, 0.25) is 0 Å². The molecule has 0 aromatic carbocycles. The summed E-state index contributed by atoms with van der Waals surface area (Å²) in [6.45, 7) is 3.51. The maximum absolute atomic E-state index is 13.2. The Morgan fingerprint density at radius 2 is 2.12 bits per heavy atom. The van der Waals surface area contributed by atoms with Crippen LogP contribution >= 0.6 is 23.1 Å². The van der Waals surface area contributed by atoms with Crippen molar-refractivity contribution in [2.75, 3.05) is 51.6 Å². The molecule has 16 nitrogen and oxygen atoms in total. The number of amides is 2. The molecule has 18 heteroatoms. The number of nitrogens with two attached hydrogens (primary N) is 1. The number of hydrogen-bond acceptors (Lipinski definition) is 14. The van der Waals surface area contributed by atoms with E-state index in [1.165, 1.54) is 35.2 Å². The number of carbonyl (C=O) groups excluding carboxylic acids is 4. The third-order valence-corrected chi connectivity index (χ3v) is 7.66. The number of nitrogens with one attached hydrogen (secondary N) is 1. The molecular formula is C23H28N8O8S2. The fraction of sp³-hybridized carbons (Fsp3) is 0.478. The first kappa shape index (κ1) is 31.4. The van der Waals surface area contributed by atoms with Crippen LogP contribution in [0.15, 0.2) is 38.6 Å². The Kier molecular flexibility index (Phi) is 11.5. The van der Waals surface area contributed by atoms with Gasteiger partial charge in [0.15, 0.2) is 10.8 Å². The smallest absolute Gasteiger partial charge is 0.355 e. The fourth-order valence-electron chi connectivity index (χ4n) is 3.71. The van der Waals surface area contributed by atoms with Crippen LogP contribution < -0.4 is 11.1 Å². The minimum absolute atomic E-state index is 0.0282. The summed E-state index contributed by atoms with van der Waals surface area (Å²) in [5.74, 6) is -2.71. The lowest BCUT2D eigenvalue weighted by atomic mass is 10.0. The minimum Gasteiger partial charge on any atom is -0.460 e. The third kappa shape index (κ3) is 7.55. The predicted octanol–water partition coefficient (Wildman–Crippen LogP) is 1.11. The summed E-state index contributed by atoms with van der Waals surface area (Å²) in [5.41, 5.74) is 14.8. The SMILES string of the molecule is C/C=C(\COC(=O)C1=C(CN=[N+]=[N-])CS[C@@H]2[C@H](NC(=O)/C(=N\OC)c3csc(N)n3)C(=O)N12)C(=O)OCCOCC. The molecule has 0 spiro atoms. The van der Waals surface area contributed by atoms with Gasteiger partial charge < -0.3 is 30.1 Å². The van der Waals surface area contributed by atoms with Crippen molar-refractivity contribution >= 4 is 57.7 Å². The van der Waals surface area contributed by atoms with Gasteiger partial charge in [-0.15, -0.1) is 23.1 Å². The molecular weight excluding hydrogens is 580 g/mol. The van der Waals surface area contributed by atoms with Crippen molar-refractivity contribution < 1.29 is 38.2 Å². The number of nitrogens with zero attached hydrogens (tertiary/aromatic N) is 6. The van der Waals surface area contributed by atoms with Crippen LogP contribution in [0.25, 0.3) is 10.4 Å². The predicted molar refractivity (Wildman–Crippen MR) is 148 cm³/mol. The minimum atomic E-state index is -1.01. The average molecular weight is 609 g/mol. The second kappa shape index (κ2) is 15.0. The molecule has 2 aliphatic rings. The number of thiazole rings is 1. The summed E-state index contributed by atoms with van der Waals surface area (Å²) in [4.78, 5) is 64.4. The summed E-state index contributed by atoms with van der Waals surface area (Å²) in [6.07, 6.45) is 1.44. The number of thioether (sulfide) groups is 1. The van der Waals surface area contributed by atoms with Gasteiger partial charge in [-0.05, 0) is 25.0 Å². The number of nitrogen functional groups attached to an aromatic ring is 1. The van der Waals surface area contributed by atoms with E-state index in [2.05, 4.69) is 25.5 Å². The second-order valence-electron chi connectivity index (χ2n) is 8.12. The molecule has 0 aliphatic carbocycles. The highest BCUT2D eigenvalue weighted by Crippen LogP contribution is 2.41. The maximum Gasteiger partial charge on any atom is 0.355 e. The molecule has 0 bridgehead atoms. The lowest BCUT2D eigenvalue weighted by Gasteiger charge is -2.49. The van der Waals surface area contributed by atoms with Gasteiger partial charge in [-0.3, -0.25) is 14.5 Å². The Balaban J connectivity index is 1.73. The van der Waals surface area contributed by atoms with E-state index >= 15 is 0 Å². The molecule has 1 fully saturated rings. The first-order valence-corrected chi connectivity index (χ1v) is 14.1. The molecule has 1 aromatic rings. The van der Waals surface area contributed by atoms with Crippen LogP contribution in [0.3, 0.4) is 0 Å². The van der Waals surface area contributed by atoms with Crippen LogP contribution in [-0.4, -0.2) is 96.6 Å². The molecule has 1 saturated heterocycles. The number of aromatic nitrogens is 1. The number of rotatable bonds is 14. The number of azide groups is 1. The van der Waals surface area contributed by atoms with E-state index in [-0.39, 0.29) is 53.3 Å². The van der Waals surface area contributed by atoms with Gasteiger partial charge in [-0.1, -0.05) is 16.3 Å².